The number of hydrogen-bond donors (Lipinski definition) is 2. The van der Waals surface area contributed by atoms with Crippen molar-refractivity contribution in [3.8, 4) is 11.8 Å². The molecule has 7 heteroatoms. The van der Waals surface area contributed by atoms with Crippen LogP contribution in [0.25, 0.3) is 0 Å². The number of nitriles is 1. The fraction of sp³-hybridized carbons (Fsp3) is 0.111. The average Bonchev–Trinajstić information content (AvgIpc) is 2.65. The highest BCUT2D eigenvalue weighted by molar-refractivity contribution is 5.59. The molecule has 0 fully saturated rings. The molecule has 0 unspecified atom stereocenters. The first-order valence-electron chi connectivity index (χ1n) is 7.73. The summed E-state index contributed by atoms with van der Waals surface area (Å²) in [6.07, 6.45) is 1.54. The number of nitrogens with zero attached hydrogens (tertiary/aromatic N) is 4. The van der Waals surface area contributed by atoms with Gasteiger partial charge in [-0.1, -0.05) is 0 Å². The van der Waals surface area contributed by atoms with Crippen LogP contribution in [0.15, 0.2) is 54.7 Å². The first kappa shape index (κ1) is 16.2. The fourth-order valence-electron chi connectivity index (χ4n) is 2.12. The van der Waals surface area contributed by atoms with Crippen LogP contribution in [-0.2, 0) is 0 Å². The predicted molar refractivity (Wildman–Crippen MR) is 95.2 cm³/mol. The molecule has 0 bridgehead atoms. The van der Waals surface area contributed by atoms with Crippen LogP contribution in [0.3, 0.4) is 0 Å². The van der Waals surface area contributed by atoms with Crippen LogP contribution in [0.2, 0.25) is 0 Å². The van der Waals surface area contributed by atoms with Crippen LogP contribution < -0.4 is 15.4 Å². The predicted octanol–water partition coefficient (Wildman–Crippen LogP) is 3.63. The molecule has 0 atom stereocenters. The van der Waals surface area contributed by atoms with Gasteiger partial charge in [0.25, 0.3) is 0 Å². The highest BCUT2D eigenvalue weighted by atomic mass is 16.5. The molecule has 1 heterocycles. The first-order chi connectivity index (χ1) is 12.3. The summed E-state index contributed by atoms with van der Waals surface area (Å²) in [6, 6.07) is 16.7. The van der Waals surface area contributed by atoms with Gasteiger partial charge in [-0.25, -0.2) is 0 Å². The molecule has 3 aromatic rings. The van der Waals surface area contributed by atoms with Gasteiger partial charge in [0.2, 0.25) is 5.95 Å². The van der Waals surface area contributed by atoms with Crippen molar-refractivity contribution in [1.29, 1.82) is 5.26 Å². The van der Waals surface area contributed by atoms with E-state index in [0.29, 0.717) is 23.9 Å². The van der Waals surface area contributed by atoms with E-state index in [1.165, 1.54) is 0 Å². The highest BCUT2D eigenvalue weighted by Gasteiger charge is 2.03. The van der Waals surface area contributed by atoms with Crippen molar-refractivity contribution in [3.63, 3.8) is 0 Å². The number of anilines is 4. The minimum Gasteiger partial charge on any atom is -0.494 e. The van der Waals surface area contributed by atoms with Gasteiger partial charge in [-0.2, -0.15) is 15.3 Å². The van der Waals surface area contributed by atoms with Crippen LogP contribution in [0, 0.1) is 11.3 Å². The molecule has 25 heavy (non-hydrogen) atoms. The molecule has 124 valence electrons. The van der Waals surface area contributed by atoms with Crippen molar-refractivity contribution >= 4 is 23.1 Å². The normalized spacial score (nSPS) is 9.92. The Morgan fingerprint density at radius 3 is 2.36 bits per heavy atom. The van der Waals surface area contributed by atoms with Gasteiger partial charge in [0.05, 0.1) is 24.4 Å². The Hall–Kier alpha value is -3.66. The Balaban J connectivity index is 1.69. The molecule has 0 amide bonds. The molecule has 0 aliphatic carbocycles. The Morgan fingerprint density at radius 1 is 1.00 bits per heavy atom. The van der Waals surface area contributed by atoms with Crippen molar-refractivity contribution < 1.29 is 4.74 Å². The largest absolute Gasteiger partial charge is 0.494 e. The monoisotopic (exact) mass is 332 g/mol. The molecule has 2 aromatic carbocycles. The molecular formula is C18H16N6O. The molecule has 0 aliphatic heterocycles. The summed E-state index contributed by atoms with van der Waals surface area (Å²) in [5.74, 6) is 1.74. The van der Waals surface area contributed by atoms with Crippen LogP contribution in [0.5, 0.6) is 5.75 Å². The van der Waals surface area contributed by atoms with E-state index in [1.807, 2.05) is 31.2 Å². The molecule has 0 spiro atoms. The number of hydrogen-bond acceptors (Lipinski definition) is 7. The van der Waals surface area contributed by atoms with Gasteiger partial charge in [0.15, 0.2) is 5.82 Å². The lowest BCUT2D eigenvalue weighted by molar-refractivity contribution is 0.340. The van der Waals surface area contributed by atoms with Gasteiger partial charge >= 0.3 is 0 Å². The number of nitrogens with one attached hydrogen (secondary N) is 2. The molecule has 0 saturated carbocycles. The molecule has 2 N–H and O–H groups in total. The van der Waals surface area contributed by atoms with Crippen LogP contribution >= 0.6 is 0 Å². The second kappa shape index (κ2) is 7.75. The minimum atomic E-state index is 0.362. The zero-order chi connectivity index (χ0) is 17.5. The van der Waals surface area contributed by atoms with Gasteiger partial charge in [-0.3, -0.25) is 0 Å². The lowest BCUT2D eigenvalue weighted by Gasteiger charge is -2.08. The third-order valence-corrected chi connectivity index (χ3v) is 3.27. The van der Waals surface area contributed by atoms with Crippen LogP contribution in [-0.4, -0.2) is 21.8 Å². The molecule has 0 radical (unpaired) electrons. The van der Waals surface area contributed by atoms with Crippen LogP contribution in [0.4, 0.5) is 23.1 Å². The lowest BCUT2D eigenvalue weighted by Crippen LogP contribution is -2.02. The van der Waals surface area contributed by atoms with E-state index in [0.717, 1.165) is 17.1 Å². The van der Waals surface area contributed by atoms with E-state index in [2.05, 4.69) is 31.9 Å². The summed E-state index contributed by atoms with van der Waals surface area (Å²) in [5.41, 5.74) is 2.24. The standard InChI is InChI=1S/C18H16N6O/c1-2-25-16-9-7-14(8-10-16)21-17-12-20-24-18(23-17)22-15-5-3-13(11-19)4-6-15/h3-10,12H,2H2,1H3,(H2,21,22,23,24). The van der Waals surface area contributed by atoms with E-state index in [4.69, 9.17) is 10.00 Å². The van der Waals surface area contributed by atoms with Crippen molar-refractivity contribution in [3.05, 3.63) is 60.3 Å². The van der Waals surface area contributed by atoms with Crippen molar-refractivity contribution in [2.24, 2.45) is 0 Å². The SMILES string of the molecule is CCOc1ccc(Nc2cnnc(Nc3ccc(C#N)cc3)n2)cc1. The second-order valence-corrected chi connectivity index (χ2v) is 5.06. The second-order valence-electron chi connectivity index (χ2n) is 5.06. The summed E-state index contributed by atoms with van der Waals surface area (Å²) in [5, 5.41) is 22.9. The van der Waals surface area contributed by atoms with E-state index < -0.39 is 0 Å². The highest BCUT2D eigenvalue weighted by Crippen LogP contribution is 2.20. The van der Waals surface area contributed by atoms with Crippen molar-refractivity contribution in [2.75, 3.05) is 17.2 Å². The lowest BCUT2D eigenvalue weighted by atomic mass is 10.2. The van der Waals surface area contributed by atoms with E-state index in [1.54, 1.807) is 30.5 Å². The first-order valence-corrected chi connectivity index (χ1v) is 7.73. The van der Waals surface area contributed by atoms with E-state index in [9.17, 15) is 0 Å². The molecular weight excluding hydrogens is 316 g/mol. The maximum Gasteiger partial charge on any atom is 0.249 e. The summed E-state index contributed by atoms with van der Waals surface area (Å²) >= 11 is 0. The quantitative estimate of drug-likeness (QED) is 0.711. The van der Waals surface area contributed by atoms with Crippen molar-refractivity contribution in [1.82, 2.24) is 15.2 Å². The van der Waals surface area contributed by atoms with Gasteiger partial charge in [-0.05, 0) is 55.5 Å². The maximum atomic E-state index is 8.82. The number of aromatic nitrogens is 3. The fourth-order valence-corrected chi connectivity index (χ4v) is 2.12. The Bertz CT molecular complexity index is 871. The van der Waals surface area contributed by atoms with E-state index in [-0.39, 0.29) is 0 Å². The smallest absolute Gasteiger partial charge is 0.249 e. The van der Waals surface area contributed by atoms with Crippen LogP contribution in [0.1, 0.15) is 12.5 Å². The summed E-state index contributed by atoms with van der Waals surface area (Å²) in [6.45, 7) is 2.58. The molecule has 3 rings (SSSR count). The molecule has 7 nitrogen and oxygen atoms in total. The maximum absolute atomic E-state index is 8.82. The zero-order valence-electron chi connectivity index (χ0n) is 13.6. The molecule has 0 saturated heterocycles. The Morgan fingerprint density at radius 2 is 1.68 bits per heavy atom. The number of rotatable bonds is 6. The van der Waals surface area contributed by atoms with Crippen molar-refractivity contribution in [2.45, 2.75) is 6.92 Å². The third-order valence-electron chi connectivity index (χ3n) is 3.27. The number of benzene rings is 2. The topological polar surface area (TPSA) is 95.8 Å². The van der Waals surface area contributed by atoms with E-state index >= 15 is 0 Å². The molecule has 1 aromatic heterocycles. The summed E-state index contributed by atoms with van der Waals surface area (Å²) < 4.78 is 5.42. The Labute approximate surface area is 145 Å². The summed E-state index contributed by atoms with van der Waals surface area (Å²) in [7, 11) is 0. The average molecular weight is 332 g/mol. The van der Waals surface area contributed by atoms with Gasteiger partial charge in [0, 0.05) is 11.4 Å². The van der Waals surface area contributed by atoms with Gasteiger partial charge in [-0.15, -0.1) is 5.10 Å². The zero-order valence-corrected chi connectivity index (χ0v) is 13.6. The van der Waals surface area contributed by atoms with Gasteiger partial charge < -0.3 is 15.4 Å². The molecule has 0 aliphatic rings. The third kappa shape index (κ3) is 4.42. The van der Waals surface area contributed by atoms with Gasteiger partial charge in [0.1, 0.15) is 5.75 Å². The number of ether oxygens (including phenoxy) is 1. The Kier molecular flexibility index (Phi) is 5.02. The summed E-state index contributed by atoms with van der Waals surface area (Å²) in [4.78, 5) is 4.37. The minimum absolute atomic E-state index is 0.362.